The van der Waals surface area contributed by atoms with E-state index in [1.807, 2.05) is 0 Å². The van der Waals surface area contributed by atoms with Crippen LogP contribution in [0.1, 0.15) is 161 Å². The number of carbonyl (C=O) groups excluding carboxylic acids is 2. The zero-order valence-corrected chi connectivity index (χ0v) is 23.0. The number of hydrogen-bond donors (Lipinski definition) is 1. The summed E-state index contributed by atoms with van der Waals surface area (Å²) < 4.78 is 0. The van der Waals surface area contributed by atoms with Gasteiger partial charge in [0.1, 0.15) is 0 Å². The Morgan fingerprint density at radius 3 is 1.80 bits per heavy atom. The number of carbonyl (C=O) groups is 2. The number of allylic oxidation sites excluding steroid dienone is 2. The Bertz CT molecular complexity index is 577. The van der Waals surface area contributed by atoms with E-state index in [0.29, 0.717) is 6.42 Å². The molecule has 2 rings (SSSR count). The molecule has 4 heteroatoms. The third-order valence-electron chi connectivity index (χ3n) is 8.01. The Balaban J connectivity index is 1.56. The molecule has 2 fully saturated rings. The second-order valence-electron chi connectivity index (χ2n) is 11.2. The van der Waals surface area contributed by atoms with Crippen LogP contribution in [0.2, 0.25) is 0 Å². The minimum atomic E-state index is -0.108. The van der Waals surface area contributed by atoms with Gasteiger partial charge in [0.2, 0.25) is 5.91 Å². The quantitative estimate of drug-likeness (QED) is 0.164. The fraction of sp³-hybridized carbons (Fsp3) is 0.871. The summed E-state index contributed by atoms with van der Waals surface area (Å²) in [5.41, 5.74) is 0. The molecule has 0 aromatic carbocycles. The Hall–Kier alpha value is -1.32. The molecule has 0 atom stereocenters. The lowest BCUT2D eigenvalue weighted by molar-refractivity contribution is -0.130. The number of hydrogen-bond acceptors (Lipinski definition) is 2. The molecule has 3 amide bonds. The van der Waals surface area contributed by atoms with Crippen molar-refractivity contribution in [3.8, 4) is 0 Å². The number of unbranched alkanes of at least 4 members (excludes halogenated alkanes) is 11. The molecular weight excluding hydrogens is 432 g/mol. The van der Waals surface area contributed by atoms with Gasteiger partial charge in [-0.2, -0.15) is 0 Å². The zero-order chi connectivity index (χ0) is 25.0. The fourth-order valence-electron chi connectivity index (χ4n) is 5.78. The van der Waals surface area contributed by atoms with Gasteiger partial charge in [-0.1, -0.05) is 109 Å². The molecule has 0 spiro atoms. The second-order valence-corrected chi connectivity index (χ2v) is 11.2. The van der Waals surface area contributed by atoms with Gasteiger partial charge in [-0.25, -0.2) is 4.79 Å². The Kier molecular flexibility index (Phi) is 16.9. The van der Waals surface area contributed by atoms with Crippen LogP contribution in [0.5, 0.6) is 0 Å². The Morgan fingerprint density at radius 2 is 1.20 bits per heavy atom. The van der Waals surface area contributed by atoms with Gasteiger partial charge in [-0.3, -0.25) is 9.69 Å². The van der Waals surface area contributed by atoms with E-state index in [4.69, 9.17) is 0 Å². The largest absolute Gasteiger partial charge is 0.335 e. The summed E-state index contributed by atoms with van der Waals surface area (Å²) in [4.78, 5) is 27.9. The van der Waals surface area contributed by atoms with Crippen LogP contribution in [0.4, 0.5) is 4.79 Å². The van der Waals surface area contributed by atoms with Crippen molar-refractivity contribution in [2.75, 3.05) is 0 Å². The van der Waals surface area contributed by atoms with Crippen molar-refractivity contribution in [1.82, 2.24) is 10.2 Å². The highest BCUT2D eigenvalue weighted by molar-refractivity contribution is 5.95. The highest BCUT2D eigenvalue weighted by Gasteiger charge is 2.31. The first kappa shape index (κ1) is 29.9. The van der Waals surface area contributed by atoms with Crippen molar-refractivity contribution < 1.29 is 9.59 Å². The molecule has 2 saturated carbocycles. The normalized spacial score (nSPS) is 17.6. The predicted molar refractivity (Wildman–Crippen MR) is 149 cm³/mol. The summed E-state index contributed by atoms with van der Waals surface area (Å²) in [5, 5.41) is 3.21. The van der Waals surface area contributed by atoms with Crippen LogP contribution in [0.25, 0.3) is 0 Å². The van der Waals surface area contributed by atoms with Gasteiger partial charge in [0.05, 0.1) is 0 Å². The van der Waals surface area contributed by atoms with E-state index < -0.39 is 0 Å². The first-order valence-electron chi connectivity index (χ1n) is 15.5. The molecule has 0 bridgehead atoms. The number of amides is 3. The van der Waals surface area contributed by atoms with Crippen LogP contribution in [-0.2, 0) is 4.79 Å². The summed E-state index contributed by atoms with van der Waals surface area (Å²) in [5.74, 6) is 0.0618. The third kappa shape index (κ3) is 13.5. The maximum absolute atomic E-state index is 13.1. The van der Waals surface area contributed by atoms with Gasteiger partial charge in [0, 0.05) is 18.5 Å². The molecular formula is C31H56N2O2. The van der Waals surface area contributed by atoms with Crippen LogP contribution in [0.15, 0.2) is 12.2 Å². The molecule has 0 unspecified atom stereocenters. The molecule has 1 N–H and O–H groups in total. The van der Waals surface area contributed by atoms with Crippen molar-refractivity contribution in [2.45, 2.75) is 173 Å². The smallest absolute Gasteiger partial charge is 0.324 e. The number of urea groups is 1. The van der Waals surface area contributed by atoms with E-state index in [0.717, 1.165) is 51.4 Å². The topological polar surface area (TPSA) is 49.4 Å². The van der Waals surface area contributed by atoms with Gasteiger partial charge in [-0.05, 0) is 57.8 Å². The summed E-state index contributed by atoms with van der Waals surface area (Å²) in [6.45, 7) is 2.26. The molecule has 0 saturated heterocycles. The monoisotopic (exact) mass is 488 g/mol. The fourth-order valence-corrected chi connectivity index (χ4v) is 5.78. The van der Waals surface area contributed by atoms with E-state index in [-0.39, 0.29) is 24.0 Å². The van der Waals surface area contributed by atoms with Crippen molar-refractivity contribution in [3.63, 3.8) is 0 Å². The molecule has 2 aliphatic carbocycles. The van der Waals surface area contributed by atoms with Gasteiger partial charge in [0.25, 0.3) is 0 Å². The summed E-state index contributed by atoms with van der Waals surface area (Å²) in [6.07, 6.45) is 32.8. The average molecular weight is 489 g/mol. The molecule has 0 aromatic rings. The van der Waals surface area contributed by atoms with E-state index in [2.05, 4.69) is 24.4 Å². The minimum Gasteiger partial charge on any atom is -0.335 e. The lowest BCUT2D eigenvalue weighted by Crippen LogP contribution is -2.52. The molecule has 4 nitrogen and oxygen atoms in total. The molecule has 0 radical (unpaired) electrons. The van der Waals surface area contributed by atoms with Gasteiger partial charge < -0.3 is 5.32 Å². The third-order valence-corrected chi connectivity index (χ3v) is 8.01. The van der Waals surface area contributed by atoms with Gasteiger partial charge >= 0.3 is 6.03 Å². The number of nitrogens with zero attached hydrogens (tertiary/aromatic N) is 1. The lowest BCUT2D eigenvalue weighted by Gasteiger charge is -2.34. The van der Waals surface area contributed by atoms with Crippen LogP contribution in [0, 0.1) is 0 Å². The van der Waals surface area contributed by atoms with Crippen molar-refractivity contribution in [1.29, 1.82) is 0 Å². The molecule has 202 valence electrons. The van der Waals surface area contributed by atoms with Crippen LogP contribution < -0.4 is 5.32 Å². The standard InChI is InChI=1S/C31H56N2O2/c1-2-3-4-5-6-7-8-9-10-11-12-13-14-15-22-27-30(34)33(29-25-20-17-21-26-29)31(35)32-28-23-18-16-19-24-28/h7-8,28-29H,2-6,9-27H2,1H3,(H,32,35)/b8-7-. The average Bonchev–Trinajstić information content (AvgIpc) is 2.88. The van der Waals surface area contributed by atoms with Crippen molar-refractivity contribution in [2.24, 2.45) is 0 Å². The molecule has 2 aliphatic rings. The van der Waals surface area contributed by atoms with E-state index >= 15 is 0 Å². The number of nitrogens with one attached hydrogen (secondary N) is 1. The maximum atomic E-state index is 13.1. The first-order chi connectivity index (χ1) is 17.2. The maximum Gasteiger partial charge on any atom is 0.324 e. The number of imide groups is 1. The van der Waals surface area contributed by atoms with Crippen LogP contribution in [0.3, 0.4) is 0 Å². The Morgan fingerprint density at radius 1 is 0.686 bits per heavy atom. The van der Waals surface area contributed by atoms with Gasteiger partial charge in [-0.15, -0.1) is 0 Å². The van der Waals surface area contributed by atoms with Crippen LogP contribution in [-0.4, -0.2) is 28.9 Å². The molecule has 0 aliphatic heterocycles. The summed E-state index contributed by atoms with van der Waals surface area (Å²) >= 11 is 0. The van der Waals surface area contributed by atoms with Crippen LogP contribution >= 0.6 is 0 Å². The summed E-state index contributed by atoms with van der Waals surface area (Å²) in [7, 11) is 0. The Labute approximate surface area is 217 Å². The van der Waals surface area contributed by atoms with E-state index in [9.17, 15) is 9.59 Å². The second kappa shape index (κ2) is 19.8. The SMILES string of the molecule is CCCCCC/C=C\CCCCCCCCCC(=O)N(C(=O)NC1CCCCC1)C1CCCCC1. The van der Waals surface area contributed by atoms with E-state index in [1.165, 1.54) is 96.3 Å². The first-order valence-corrected chi connectivity index (χ1v) is 15.5. The predicted octanol–water partition coefficient (Wildman–Crippen LogP) is 9.23. The highest BCUT2D eigenvalue weighted by Crippen LogP contribution is 2.25. The number of rotatable bonds is 17. The zero-order valence-electron chi connectivity index (χ0n) is 23.0. The molecule has 35 heavy (non-hydrogen) atoms. The molecule has 0 heterocycles. The summed E-state index contributed by atoms with van der Waals surface area (Å²) in [6, 6.07) is 0.269. The highest BCUT2D eigenvalue weighted by atomic mass is 16.2. The van der Waals surface area contributed by atoms with Crippen molar-refractivity contribution in [3.05, 3.63) is 12.2 Å². The minimum absolute atomic E-state index is 0.0618. The van der Waals surface area contributed by atoms with E-state index in [1.54, 1.807) is 4.90 Å². The van der Waals surface area contributed by atoms with Gasteiger partial charge in [0.15, 0.2) is 0 Å². The lowest BCUT2D eigenvalue weighted by atomic mass is 9.93. The van der Waals surface area contributed by atoms with Crippen molar-refractivity contribution >= 4 is 11.9 Å². The molecule has 0 aromatic heterocycles.